The minimum Gasteiger partial charge on any atom is -0.396 e. The molecule has 0 aliphatic heterocycles. The first-order valence-electron chi connectivity index (χ1n) is 5.31. The maximum absolute atomic E-state index is 11.8. The van der Waals surface area contributed by atoms with E-state index >= 15 is 0 Å². The zero-order chi connectivity index (χ0) is 12.0. The second-order valence-corrected chi connectivity index (χ2v) is 5.91. The molecule has 0 fully saturated rings. The van der Waals surface area contributed by atoms with Crippen LogP contribution in [0.15, 0.2) is 23.4 Å². The van der Waals surface area contributed by atoms with E-state index in [1.54, 1.807) is 12.3 Å². The molecular weight excluding hydrogens is 226 g/mol. The largest absolute Gasteiger partial charge is 0.396 e. The van der Waals surface area contributed by atoms with Crippen LogP contribution in [0.4, 0.5) is 0 Å². The molecule has 1 N–H and O–H groups in total. The van der Waals surface area contributed by atoms with Gasteiger partial charge in [0, 0.05) is 19.0 Å². The molecule has 1 heterocycles. The summed E-state index contributed by atoms with van der Waals surface area (Å²) in [6, 6.07) is 1.63. The Morgan fingerprint density at radius 1 is 1.25 bits per heavy atom. The molecule has 0 aromatic carbocycles. The minimum absolute atomic E-state index is 0.117. The maximum atomic E-state index is 11.8. The molecule has 0 saturated heterocycles. The maximum Gasteiger partial charge on any atom is 0.179 e. The average Bonchev–Trinajstić information content (AvgIpc) is 2.24. The summed E-state index contributed by atoms with van der Waals surface area (Å²) in [7, 11) is -3.21. The summed E-state index contributed by atoms with van der Waals surface area (Å²) in [4.78, 5) is 4.16. The third-order valence-electron chi connectivity index (χ3n) is 2.28. The Bertz CT molecular complexity index is 429. The standard InChI is InChI=1S/C11H17NO3S/c1-10-7-11(9-12-8-10)16(14,15)6-4-2-3-5-13/h7-9,13H,2-6H2,1H3. The fraction of sp³-hybridized carbons (Fsp3) is 0.545. The lowest BCUT2D eigenvalue weighted by atomic mass is 10.3. The quantitative estimate of drug-likeness (QED) is 0.765. The normalized spacial score (nSPS) is 11.6. The Kier molecular flexibility index (Phi) is 4.89. The second kappa shape index (κ2) is 5.96. The van der Waals surface area contributed by atoms with E-state index in [0.717, 1.165) is 12.0 Å². The molecule has 0 aliphatic rings. The van der Waals surface area contributed by atoms with Crippen LogP contribution < -0.4 is 0 Å². The van der Waals surface area contributed by atoms with E-state index in [1.165, 1.54) is 6.20 Å². The number of rotatable bonds is 6. The van der Waals surface area contributed by atoms with E-state index < -0.39 is 9.84 Å². The molecule has 4 nitrogen and oxygen atoms in total. The van der Waals surface area contributed by atoms with Crippen LogP contribution in [0.2, 0.25) is 0 Å². The molecule has 0 radical (unpaired) electrons. The molecule has 0 unspecified atom stereocenters. The third kappa shape index (κ3) is 3.90. The second-order valence-electron chi connectivity index (χ2n) is 3.80. The Hall–Kier alpha value is -0.940. The van der Waals surface area contributed by atoms with Gasteiger partial charge in [-0.25, -0.2) is 8.42 Å². The van der Waals surface area contributed by atoms with E-state index in [9.17, 15) is 8.42 Å². The van der Waals surface area contributed by atoms with E-state index in [2.05, 4.69) is 4.98 Å². The minimum atomic E-state index is -3.21. The van der Waals surface area contributed by atoms with Gasteiger partial charge in [0.25, 0.3) is 0 Å². The summed E-state index contributed by atoms with van der Waals surface area (Å²) in [5, 5.41) is 8.59. The van der Waals surface area contributed by atoms with Crippen molar-refractivity contribution in [2.75, 3.05) is 12.4 Å². The zero-order valence-electron chi connectivity index (χ0n) is 9.39. The zero-order valence-corrected chi connectivity index (χ0v) is 10.2. The monoisotopic (exact) mass is 243 g/mol. The smallest absolute Gasteiger partial charge is 0.179 e. The summed E-state index contributed by atoms with van der Waals surface area (Å²) in [5.41, 5.74) is 0.844. The Balaban J connectivity index is 2.64. The SMILES string of the molecule is Cc1cncc(S(=O)(=O)CCCCCO)c1. The van der Waals surface area contributed by atoms with Crippen LogP contribution in [0.3, 0.4) is 0 Å². The molecule has 0 atom stereocenters. The van der Waals surface area contributed by atoms with Crippen LogP contribution >= 0.6 is 0 Å². The van der Waals surface area contributed by atoms with Gasteiger partial charge in [0.15, 0.2) is 9.84 Å². The number of pyridine rings is 1. The molecule has 5 heteroatoms. The van der Waals surface area contributed by atoms with Crippen molar-refractivity contribution >= 4 is 9.84 Å². The fourth-order valence-electron chi connectivity index (χ4n) is 1.40. The average molecular weight is 243 g/mol. The first kappa shape index (κ1) is 13.1. The Morgan fingerprint density at radius 3 is 2.62 bits per heavy atom. The van der Waals surface area contributed by atoms with Gasteiger partial charge in [-0.1, -0.05) is 6.42 Å². The lowest BCUT2D eigenvalue weighted by Crippen LogP contribution is -2.07. The highest BCUT2D eigenvalue weighted by molar-refractivity contribution is 7.91. The molecule has 0 aliphatic carbocycles. The van der Waals surface area contributed by atoms with E-state index in [0.29, 0.717) is 12.8 Å². The van der Waals surface area contributed by atoms with Gasteiger partial charge in [0.05, 0.1) is 10.6 Å². The first-order valence-corrected chi connectivity index (χ1v) is 6.97. The van der Waals surface area contributed by atoms with Gasteiger partial charge in [-0.15, -0.1) is 0 Å². The topological polar surface area (TPSA) is 67.3 Å². The molecule has 1 aromatic rings. The highest BCUT2D eigenvalue weighted by atomic mass is 32.2. The molecule has 0 spiro atoms. The number of aliphatic hydroxyl groups is 1. The summed E-state index contributed by atoms with van der Waals surface area (Å²) in [6.45, 7) is 1.93. The van der Waals surface area contributed by atoms with E-state index in [4.69, 9.17) is 5.11 Å². The van der Waals surface area contributed by atoms with Gasteiger partial charge in [-0.3, -0.25) is 4.98 Å². The van der Waals surface area contributed by atoms with Gasteiger partial charge >= 0.3 is 0 Å². The lowest BCUT2D eigenvalue weighted by molar-refractivity contribution is 0.284. The van der Waals surface area contributed by atoms with Crippen molar-refractivity contribution in [1.82, 2.24) is 4.98 Å². The molecule has 0 saturated carbocycles. The van der Waals surface area contributed by atoms with E-state index in [1.807, 2.05) is 6.92 Å². The number of unbranched alkanes of at least 4 members (excludes halogenated alkanes) is 2. The van der Waals surface area contributed by atoms with Crippen LogP contribution in [0, 0.1) is 6.92 Å². The van der Waals surface area contributed by atoms with Crippen LogP contribution in [0.1, 0.15) is 24.8 Å². The molecule has 0 bridgehead atoms. The summed E-state index contributed by atoms with van der Waals surface area (Å²) >= 11 is 0. The van der Waals surface area contributed by atoms with Crippen LogP contribution in [-0.2, 0) is 9.84 Å². The first-order chi connectivity index (χ1) is 7.56. The van der Waals surface area contributed by atoms with Crippen molar-refractivity contribution in [3.63, 3.8) is 0 Å². The summed E-state index contributed by atoms with van der Waals surface area (Å²) in [5.74, 6) is 0.123. The van der Waals surface area contributed by atoms with Crippen molar-refractivity contribution in [3.8, 4) is 0 Å². The van der Waals surface area contributed by atoms with Gasteiger partial charge in [-0.2, -0.15) is 0 Å². The highest BCUT2D eigenvalue weighted by Crippen LogP contribution is 2.13. The molecule has 90 valence electrons. The number of aryl methyl sites for hydroxylation is 1. The fourth-order valence-corrected chi connectivity index (χ4v) is 2.80. The van der Waals surface area contributed by atoms with Crippen molar-refractivity contribution in [2.24, 2.45) is 0 Å². The molecule has 1 rings (SSSR count). The number of aliphatic hydroxyl groups excluding tert-OH is 1. The number of hydrogen-bond acceptors (Lipinski definition) is 4. The number of sulfone groups is 1. The van der Waals surface area contributed by atoms with Crippen LogP contribution in [0.5, 0.6) is 0 Å². The van der Waals surface area contributed by atoms with Crippen LogP contribution in [-0.4, -0.2) is 30.9 Å². The predicted molar refractivity (Wildman–Crippen MR) is 62.0 cm³/mol. The van der Waals surface area contributed by atoms with Crippen molar-refractivity contribution in [1.29, 1.82) is 0 Å². The van der Waals surface area contributed by atoms with Crippen molar-refractivity contribution in [3.05, 3.63) is 24.0 Å². The van der Waals surface area contributed by atoms with Gasteiger partial charge in [0.1, 0.15) is 0 Å². The Morgan fingerprint density at radius 2 is 2.00 bits per heavy atom. The highest BCUT2D eigenvalue weighted by Gasteiger charge is 2.14. The number of nitrogens with zero attached hydrogens (tertiary/aromatic N) is 1. The molecule has 1 aromatic heterocycles. The molecular formula is C11H17NO3S. The number of hydrogen-bond donors (Lipinski definition) is 1. The molecule has 16 heavy (non-hydrogen) atoms. The lowest BCUT2D eigenvalue weighted by Gasteiger charge is -2.04. The van der Waals surface area contributed by atoms with Crippen molar-refractivity contribution < 1.29 is 13.5 Å². The van der Waals surface area contributed by atoms with Crippen LogP contribution in [0.25, 0.3) is 0 Å². The Labute approximate surface area is 96.3 Å². The van der Waals surface area contributed by atoms with Crippen molar-refractivity contribution in [2.45, 2.75) is 31.1 Å². The summed E-state index contributed by atoms with van der Waals surface area (Å²) < 4.78 is 23.7. The summed E-state index contributed by atoms with van der Waals surface area (Å²) in [6.07, 6.45) is 4.98. The number of aromatic nitrogens is 1. The van der Waals surface area contributed by atoms with Gasteiger partial charge in [0.2, 0.25) is 0 Å². The van der Waals surface area contributed by atoms with E-state index in [-0.39, 0.29) is 17.3 Å². The third-order valence-corrected chi connectivity index (χ3v) is 4.05. The predicted octanol–water partition coefficient (Wildman–Crippen LogP) is 1.33. The molecule has 0 amide bonds. The van der Waals surface area contributed by atoms with Gasteiger partial charge in [-0.05, 0) is 31.4 Å². The van der Waals surface area contributed by atoms with Gasteiger partial charge < -0.3 is 5.11 Å².